The van der Waals surface area contributed by atoms with Gasteiger partial charge in [-0.15, -0.1) is 0 Å². The van der Waals surface area contributed by atoms with Gasteiger partial charge in [0.2, 0.25) is 0 Å². The molecule has 0 saturated carbocycles. The quantitative estimate of drug-likeness (QED) is 0.554. The lowest BCUT2D eigenvalue weighted by Crippen LogP contribution is -2.27. The zero-order chi connectivity index (χ0) is 13.5. The zero-order valence-electron chi connectivity index (χ0n) is 10.5. The Labute approximate surface area is 109 Å². The van der Waals surface area contributed by atoms with Crippen LogP contribution in [-0.4, -0.2) is 44.4 Å². The smallest absolute Gasteiger partial charge is 0.287 e. The molecule has 1 atom stereocenters. The van der Waals surface area contributed by atoms with Crippen LogP contribution >= 0.6 is 0 Å². The van der Waals surface area contributed by atoms with Gasteiger partial charge in [0.25, 0.3) is 5.69 Å². The summed E-state index contributed by atoms with van der Waals surface area (Å²) in [7, 11) is -1.20. The summed E-state index contributed by atoms with van der Waals surface area (Å²) in [4.78, 5) is 16.0. The van der Waals surface area contributed by atoms with Gasteiger partial charge in [-0.1, -0.05) is 13.8 Å². The summed E-state index contributed by atoms with van der Waals surface area (Å²) in [6.07, 6.45) is 1.14. The van der Waals surface area contributed by atoms with E-state index in [1.165, 1.54) is 12.1 Å². The van der Waals surface area contributed by atoms with Crippen molar-refractivity contribution >= 4 is 16.5 Å². The molecule has 7 heteroatoms. The highest BCUT2D eigenvalue weighted by atomic mass is 32.2. The van der Waals surface area contributed by atoms with Crippen LogP contribution < -0.4 is 0 Å². The maximum atomic E-state index is 11.9. The van der Waals surface area contributed by atoms with Crippen molar-refractivity contribution in [2.45, 2.75) is 18.9 Å². The van der Waals surface area contributed by atoms with E-state index in [1.54, 1.807) is 0 Å². The standard InChI is InChI=1S/C11H17N3O3S/c1-3-13(4-2)7-8-18(17)11-6-5-10(9-12-11)14(15)16/h5-6,9H,3-4,7-8H2,1-2H3. The maximum Gasteiger partial charge on any atom is 0.287 e. The first-order valence-corrected chi connectivity index (χ1v) is 7.11. The Morgan fingerprint density at radius 2 is 2.06 bits per heavy atom. The van der Waals surface area contributed by atoms with Crippen LogP contribution in [0.1, 0.15) is 13.8 Å². The monoisotopic (exact) mass is 271 g/mol. The molecule has 1 unspecified atom stereocenters. The topological polar surface area (TPSA) is 76.3 Å². The minimum Gasteiger partial charge on any atom is -0.303 e. The van der Waals surface area contributed by atoms with E-state index < -0.39 is 15.7 Å². The van der Waals surface area contributed by atoms with E-state index in [4.69, 9.17) is 0 Å². The zero-order valence-corrected chi connectivity index (χ0v) is 11.4. The number of pyridine rings is 1. The van der Waals surface area contributed by atoms with Gasteiger partial charge in [-0.2, -0.15) is 0 Å². The van der Waals surface area contributed by atoms with E-state index in [0.29, 0.717) is 10.8 Å². The average Bonchev–Trinajstić information content (AvgIpc) is 2.39. The van der Waals surface area contributed by atoms with Crippen LogP contribution in [0.2, 0.25) is 0 Å². The van der Waals surface area contributed by atoms with Gasteiger partial charge < -0.3 is 4.90 Å². The molecule has 1 aromatic heterocycles. The van der Waals surface area contributed by atoms with Gasteiger partial charge >= 0.3 is 0 Å². The molecule has 6 nitrogen and oxygen atoms in total. The van der Waals surface area contributed by atoms with Crippen molar-refractivity contribution in [3.05, 3.63) is 28.4 Å². The number of hydrogen-bond donors (Lipinski definition) is 0. The highest BCUT2D eigenvalue weighted by Crippen LogP contribution is 2.11. The van der Waals surface area contributed by atoms with Crippen molar-refractivity contribution in [3.63, 3.8) is 0 Å². The van der Waals surface area contributed by atoms with Crippen LogP contribution in [0.3, 0.4) is 0 Å². The highest BCUT2D eigenvalue weighted by molar-refractivity contribution is 7.85. The Kier molecular flexibility index (Phi) is 5.87. The largest absolute Gasteiger partial charge is 0.303 e. The van der Waals surface area contributed by atoms with Crippen LogP contribution in [0.4, 0.5) is 5.69 Å². The van der Waals surface area contributed by atoms with Crippen LogP contribution in [0, 0.1) is 10.1 Å². The summed E-state index contributed by atoms with van der Waals surface area (Å²) in [5, 5.41) is 10.9. The molecule has 0 aliphatic heterocycles. The molecule has 0 saturated heterocycles. The molecule has 0 N–H and O–H groups in total. The Hall–Kier alpha value is -1.34. The second-order valence-corrected chi connectivity index (χ2v) is 5.21. The van der Waals surface area contributed by atoms with Gasteiger partial charge in [0, 0.05) is 18.4 Å². The van der Waals surface area contributed by atoms with Gasteiger partial charge in [-0.05, 0) is 19.2 Å². The molecular formula is C11H17N3O3S. The number of nitrogens with zero attached hydrogens (tertiary/aromatic N) is 3. The predicted octanol–water partition coefficient (Wildman–Crippen LogP) is 1.44. The first-order valence-electron chi connectivity index (χ1n) is 5.79. The molecule has 0 aromatic carbocycles. The molecule has 0 bridgehead atoms. The van der Waals surface area contributed by atoms with Gasteiger partial charge in [0.05, 0.1) is 15.7 Å². The van der Waals surface area contributed by atoms with Crippen molar-refractivity contribution < 1.29 is 9.13 Å². The molecule has 18 heavy (non-hydrogen) atoms. The second kappa shape index (κ2) is 7.17. The summed E-state index contributed by atoms with van der Waals surface area (Å²) in [5.74, 6) is 0.493. The number of nitro groups is 1. The fourth-order valence-electron chi connectivity index (χ4n) is 1.47. The molecule has 0 amide bonds. The van der Waals surface area contributed by atoms with Crippen LogP contribution in [-0.2, 0) is 10.8 Å². The number of hydrogen-bond acceptors (Lipinski definition) is 5. The van der Waals surface area contributed by atoms with Crippen molar-refractivity contribution in [1.82, 2.24) is 9.88 Å². The van der Waals surface area contributed by atoms with Gasteiger partial charge in [-0.3, -0.25) is 14.3 Å². The van der Waals surface area contributed by atoms with E-state index >= 15 is 0 Å². The summed E-state index contributed by atoms with van der Waals surface area (Å²) in [5.41, 5.74) is -0.0838. The molecule has 1 rings (SSSR count). The van der Waals surface area contributed by atoms with E-state index in [1.807, 2.05) is 0 Å². The molecule has 0 aliphatic rings. The van der Waals surface area contributed by atoms with E-state index in [-0.39, 0.29) is 5.69 Å². The van der Waals surface area contributed by atoms with Crippen molar-refractivity contribution in [2.24, 2.45) is 0 Å². The summed E-state index contributed by atoms with van der Waals surface area (Å²) in [6, 6.07) is 2.79. The molecule has 0 aliphatic carbocycles. The first-order chi connectivity index (χ1) is 8.58. The van der Waals surface area contributed by atoms with E-state index in [0.717, 1.165) is 25.8 Å². The summed E-state index contributed by atoms with van der Waals surface area (Å²) < 4.78 is 11.9. The molecule has 0 radical (unpaired) electrons. The van der Waals surface area contributed by atoms with Crippen molar-refractivity contribution in [1.29, 1.82) is 0 Å². The first kappa shape index (κ1) is 14.7. The van der Waals surface area contributed by atoms with Crippen LogP contribution in [0.5, 0.6) is 0 Å². The van der Waals surface area contributed by atoms with Crippen LogP contribution in [0.15, 0.2) is 23.4 Å². The van der Waals surface area contributed by atoms with Gasteiger partial charge in [-0.25, -0.2) is 4.98 Å². The number of aromatic nitrogens is 1. The van der Waals surface area contributed by atoms with Crippen molar-refractivity contribution in [3.8, 4) is 0 Å². The predicted molar refractivity (Wildman–Crippen MR) is 70.0 cm³/mol. The Morgan fingerprint density at radius 3 is 2.50 bits per heavy atom. The van der Waals surface area contributed by atoms with E-state index in [2.05, 4.69) is 23.7 Å². The Balaban J connectivity index is 2.59. The normalized spacial score (nSPS) is 12.6. The molecule has 1 heterocycles. The van der Waals surface area contributed by atoms with Gasteiger partial charge in [0.1, 0.15) is 11.2 Å². The van der Waals surface area contributed by atoms with Crippen LogP contribution in [0.25, 0.3) is 0 Å². The fourth-order valence-corrected chi connectivity index (χ4v) is 2.49. The lowest BCUT2D eigenvalue weighted by atomic mass is 10.4. The lowest BCUT2D eigenvalue weighted by molar-refractivity contribution is -0.385. The minimum atomic E-state index is -1.20. The molecule has 0 spiro atoms. The average molecular weight is 271 g/mol. The van der Waals surface area contributed by atoms with E-state index in [9.17, 15) is 14.3 Å². The molecule has 1 aromatic rings. The summed E-state index contributed by atoms with van der Waals surface area (Å²) >= 11 is 0. The number of rotatable bonds is 7. The molecule has 100 valence electrons. The SMILES string of the molecule is CCN(CC)CCS(=O)c1ccc([N+](=O)[O-])cn1. The third-order valence-electron chi connectivity index (χ3n) is 2.65. The molecule has 0 fully saturated rings. The lowest BCUT2D eigenvalue weighted by Gasteiger charge is -2.16. The Morgan fingerprint density at radius 1 is 1.39 bits per heavy atom. The fraction of sp³-hybridized carbons (Fsp3) is 0.545. The minimum absolute atomic E-state index is 0.0838. The third kappa shape index (κ3) is 4.15. The summed E-state index contributed by atoms with van der Waals surface area (Å²) in [6.45, 7) is 6.67. The molecular weight excluding hydrogens is 254 g/mol. The highest BCUT2D eigenvalue weighted by Gasteiger charge is 2.10. The Bertz CT molecular complexity index is 418. The third-order valence-corrected chi connectivity index (χ3v) is 3.91. The van der Waals surface area contributed by atoms with Crippen molar-refractivity contribution in [2.75, 3.05) is 25.4 Å². The second-order valence-electron chi connectivity index (χ2n) is 3.69. The van der Waals surface area contributed by atoms with Gasteiger partial charge in [0.15, 0.2) is 0 Å². The maximum absolute atomic E-state index is 11.9.